The molecule has 2 N–H and O–H groups in total. The van der Waals surface area contributed by atoms with Crippen LogP contribution in [0.2, 0.25) is 0 Å². The first-order valence-corrected chi connectivity index (χ1v) is 7.75. The molecule has 1 aliphatic carbocycles. The van der Waals surface area contributed by atoms with Crippen LogP contribution in [-0.2, 0) is 20.7 Å². The fraction of sp³-hybridized carbons (Fsp3) is 0.615. The summed E-state index contributed by atoms with van der Waals surface area (Å²) < 4.78 is 21.7. The summed E-state index contributed by atoms with van der Waals surface area (Å²) in [5, 5.41) is 0. The van der Waals surface area contributed by atoms with Crippen molar-refractivity contribution in [3.63, 3.8) is 0 Å². The molecule has 2 aliphatic rings. The Morgan fingerprint density at radius 3 is 2.57 bits per heavy atom. The number of amides is 2. The summed E-state index contributed by atoms with van der Waals surface area (Å²) in [5.41, 5.74) is 6.35. The Labute approximate surface area is 125 Å². The van der Waals surface area contributed by atoms with Crippen molar-refractivity contribution in [2.45, 2.75) is 30.9 Å². The molecule has 8 heteroatoms. The summed E-state index contributed by atoms with van der Waals surface area (Å²) in [6, 6.07) is 0. The number of hydrogen-bond acceptors (Lipinski definition) is 5. The molecule has 2 rings (SSSR count). The second-order valence-corrected chi connectivity index (χ2v) is 6.77. The van der Waals surface area contributed by atoms with E-state index in [0.29, 0.717) is 37.0 Å². The summed E-state index contributed by atoms with van der Waals surface area (Å²) in [7, 11) is 1.46. The van der Waals surface area contributed by atoms with Crippen molar-refractivity contribution in [2.24, 2.45) is 10.7 Å². The molecule has 1 aliphatic heterocycles. The minimum Gasteiger partial charge on any atom is -0.772 e. The number of nitrogens with two attached hydrogens (primary N) is 1. The fourth-order valence-corrected chi connectivity index (χ4v) is 3.30. The van der Waals surface area contributed by atoms with Gasteiger partial charge in [-0.1, -0.05) is 0 Å². The first kappa shape index (κ1) is 15.8. The third kappa shape index (κ3) is 2.91. The average molecular weight is 312 g/mol. The van der Waals surface area contributed by atoms with Crippen molar-refractivity contribution in [2.75, 3.05) is 20.1 Å². The van der Waals surface area contributed by atoms with Gasteiger partial charge in [0.25, 0.3) is 5.91 Å². The lowest BCUT2D eigenvalue weighted by molar-refractivity contribution is -0.127. The topological polar surface area (TPSA) is 116 Å². The molecule has 1 heterocycles. The Morgan fingerprint density at radius 1 is 1.52 bits per heavy atom. The molecule has 0 aromatic rings. The quantitative estimate of drug-likeness (QED) is 0.544. The average Bonchev–Trinajstić information content (AvgIpc) is 3.19. The van der Waals surface area contributed by atoms with Crippen LogP contribution in [0.3, 0.4) is 0 Å². The lowest BCUT2D eigenvalue weighted by Crippen LogP contribution is -2.45. The molecule has 116 valence electrons. The molecule has 2 amide bonds. The number of primary amides is 1. The van der Waals surface area contributed by atoms with Crippen LogP contribution in [0.15, 0.2) is 16.1 Å². The molecule has 1 unspecified atom stereocenters. The summed E-state index contributed by atoms with van der Waals surface area (Å²) in [6.07, 6.45) is 1.63. The Morgan fingerprint density at radius 2 is 2.14 bits per heavy atom. The molecule has 7 nitrogen and oxygen atoms in total. The summed E-state index contributed by atoms with van der Waals surface area (Å²) in [5.74, 6) is -0.914. The van der Waals surface area contributed by atoms with Crippen LogP contribution < -0.4 is 5.73 Å². The van der Waals surface area contributed by atoms with Gasteiger partial charge in [-0.05, 0) is 42.8 Å². The first-order chi connectivity index (χ1) is 9.82. The van der Waals surface area contributed by atoms with Gasteiger partial charge in [-0.25, -0.2) is 0 Å². The SMILES string of the molecule is CN=C(C(N)=O)C1=C(C)C(=O)N(CC2(S(=O)[O-])CC2)CC1. The van der Waals surface area contributed by atoms with Crippen LogP contribution in [0.5, 0.6) is 0 Å². The lowest BCUT2D eigenvalue weighted by atomic mass is 9.95. The van der Waals surface area contributed by atoms with Gasteiger partial charge in [0.05, 0.1) is 4.75 Å². The zero-order valence-electron chi connectivity index (χ0n) is 12.0. The molecule has 1 saturated carbocycles. The van der Waals surface area contributed by atoms with Crippen LogP contribution in [0, 0.1) is 0 Å². The van der Waals surface area contributed by atoms with Gasteiger partial charge in [0.15, 0.2) is 0 Å². The Kier molecular flexibility index (Phi) is 4.29. The van der Waals surface area contributed by atoms with E-state index in [-0.39, 0.29) is 18.2 Å². The van der Waals surface area contributed by atoms with E-state index in [2.05, 4.69) is 4.99 Å². The van der Waals surface area contributed by atoms with Gasteiger partial charge in [-0.15, -0.1) is 0 Å². The van der Waals surface area contributed by atoms with E-state index in [1.807, 2.05) is 0 Å². The fourth-order valence-electron chi connectivity index (χ4n) is 2.61. The molecule has 0 saturated heterocycles. The zero-order chi connectivity index (χ0) is 15.8. The highest BCUT2D eigenvalue weighted by molar-refractivity contribution is 7.81. The number of hydrogen-bond donors (Lipinski definition) is 1. The van der Waals surface area contributed by atoms with Gasteiger partial charge < -0.3 is 15.2 Å². The van der Waals surface area contributed by atoms with Crippen molar-refractivity contribution in [3.05, 3.63) is 11.1 Å². The van der Waals surface area contributed by atoms with Gasteiger partial charge in [0.2, 0.25) is 5.91 Å². The number of carbonyl (C=O) groups is 2. The van der Waals surface area contributed by atoms with Crippen molar-refractivity contribution in [1.82, 2.24) is 4.90 Å². The van der Waals surface area contributed by atoms with Gasteiger partial charge in [-0.3, -0.25) is 18.8 Å². The molecular formula is C13H18N3O4S-. The number of nitrogens with zero attached hydrogens (tertiary/aromatic N) is 2. The summed E-state index contributed by atoms with van der Waals surface area (Å²) in [6.45, 7) is 2.20. The van der Waals surface area contributed by atoms with Crippen molar-refractivity contribution < 1.29 is 18.4 Å². The molecular weight excluding hydrogens is 294 g/mol. The van der Waals surface area contributed by atoms with E-state index in [0.717, 1.165) is 0 Å². The highest BCUT2D eigenvalue weighted by atomic mass is 32.2. The molecule has 0 spiro atoms. The summed E-state index contributed by atoms with van der Waals surface area (Å²) in [4.78, 5) is 29.1. The number of aliphatic imine (C=N–C) groups is 1. The first-order valence-electron chi connectivity index (χ1n) is 6.68. The molecule has 0 bridgehead atoms. The molecule has 0 aromatic heterocycles. The Hall–Kier alpha value is -1.54. The highest BCUT2D eigenvalue weighted by Crippen LogP contribution is 2.42. The van der Waals surface area contributed by atoms with Gasteiger partial charge in [0.1, 0.15) is 5.71 Å². The van der Waals surface area contributed by atoms with E-state index in [4.69, 9.17) is 5.73 Å². The number of rotatable bonds is 5. The van der Waals surface area contributed by atoms with E-state index < -0.39 is 21.7 Å². The van der Waals surface area contributed by atoms with Crippen LogP contribution >= 0.6 is 0 Å². The Bertz CT molecular complexity index is 578. The second kappa shape index (κ2) is 5.69. The maximum atomic E-state index is 12.4. The van der Waals surface area contributed by atoms with Crippen LogP contribution in [0.25, 0.3) is 0 Å². The summed E-state index contributed by atoms with van der Waals surface area (Å²) >= 11 is -2.18. The predicted molar refractivity (Wildman–Crippen MR) is 77.3 cm³/mol. The van der Waals surface area contributed by atoms with Crippen molar-refractivity contribution in [3.8, 4) is 0 Å². The van der Waals surface area contributed by atoms with Crippen LogP contribution in [0.4, 0.5) is 0 Å². The van der Waals surface area contributed by atoms with Gasteiger partial charge in [0, 0.05) is 25.7 Å². The monoisotopic (exact) mass is 312 g/mol. The van der Waals surface area contributed by atoms with Crippen LogP contribution in [-0.4, -0.2) is 56.1 Å². The largest absolute Gasteiger partial charge is 0.772 e. The van der Waals surface area contributed by atoms with E-state index in [1.165, 1.54) is 11.9 Å². The minimum atomic E-state index is -2.18. The molecule has 1 fully saturated rings. The zero-order valence-corrected chi connectivity index (χ0v) is 12.9. The van der Waals surface area contributed by atoms with E-state index >= 15 is 0 Å². The molecule has 0 aromatic carbocycles. The second-order valence-electron chi connectivity index (χ2n) is 5.43. The van der Waals surface area contributed by atoms with Gasteiger partial charge in [-0.2, -0.15) is 0 Å². The van der Waals surface area contributed by atoms with E-state index in [1.54, 1.807) is 6.92 Å². The maximum Gasteiger partial charge on any atom is 0.267 e. The van der Waals surface area contributed by atoms with Gasteiger partial charge >= 0.3 is 0 Å². The standard InChI is InChI=1S/C13H19N3O4S/c1-8-9(10(15-2)11(14)17)3-6-16(12(8)18)7-13(4-5-13)21(19)20/h3-7H2,1-2H3,(H2,14,17)(H,19,20)/p-1. The van der Waals surface area contributed by atoms with Crippen LogP contribution in [0.1, 0.15) is 26.2 Å². The molecule has 21 heavy (non-hydrogen) atoms. The molecule has 0 radical (unpaired) electrons. The molecule has 1 atom stereocenters. The van der Waals surface area contributed by atoms with E-state index in [9.17, 15) is 18.4 Å². The normalized spacial score (nSPS) is 23.3. The Balaban J connectivity index is 2.20. The third-order valence-corrected chi connectivity index (χ3v) is 5.32. The lowest BCUT2D eigenvalue weighted by Gasteiger charge is -2.33. The number of carbonyl (C=O) groups excluding carboxylic acids is 2. The predicted octanol–water partition coefficient (Wildman–Crippen LogP) is -0.497. The highest BCUT2D eigenvalue weighted by Gasteiger charge is 2.47. The third-order valence-electron chi connectivity index (χ3n) is 4.08. The maximum absolute atomic E-state index is 12.4. The van der Waals surface area contributed by atoms with Crippen molar-refractivity contribution in [1.29, 1.82) is 0 Å². The van der Waals surface area contributed by atoms with Crippen molar-refractivity contribution >= 4 is 28.6 Å². The smallest absolute Gasteiger partial charge is 0.267 e. The minimum absolute atomic E-state index is 0.119.